The molecule has 70 valence electrons. The second kappa shape index (κ2) is 3.20. The maximum absolute atomic E-state index is 10.6. The highest BCUT2D eigenvalue weighted by Crippen LogP contribution is 2.38. The fourth-order valence-corrected chi connectivity index (χ4v) is 1.28. The summed E-state index contributed by atoms with van der Waals surface area (Å²) in [5.41, 5.74) is 2.12. The van der Waals surface area contributed by atoms with Crippen LogP contribution in [-0.4, -0.2) is 16.1 Å². The predicted octanol–water partition coefficient (Wildman–Crippen LogP) is 0.923. The number of aromatic nitrogens is 2. The van der Waals surface area contributed by atoms with Crippen molar-refractivity contribution in [1.29, 1.82) is 0 Å². The van der Waals surface area contributed by atoms with Crippen LogP contribution in [0.15, 0.2) is 6.07 Å². The van der Waals surface area contributed by atoms with E-state index in [2.05, 4.69) is 15.5 Å². The van der Waals surface area contributed by atoms with Crippen molar-refractivity contribution in [2.45, 2.75) is 32.2 Å². The topological polar surface area (TPSA) is 57.8 Å². The van der Waals surface area contributed by atoms with Gasteiger partial charge in [-0.25, -0.2) is 0 Å². The summed E-state index contributed by atoms with van der Waals surface area (Å²) < 4.78 is 0. The van der Waals surface area contributed by atoms with Crippen molar-refractivity contribution in [1.82, 2.24) is 15.5 Å². The van der Waals surface area contributed by atoms with E-state index in [1.165, 1.54) is 19.8 Å². The highest BCUT2D eigenvalue weighted by Gasteiger charge is 2.25. The zero-order chi connectivity index (χ0) is 9.26. The largest absolute Gasteiger partial charge is 0.351 e. The zero-order valence-electron chi connectivity index (χ0n) is 7.63. The van der Waals surface area contributed by atoms with Crippen LogP contribution in [0, 0.1) is 0 Å². The molecule has 0 aliphatic heterocycles. The molecule has 0 aromatic carbocycles. The van der Waals surface area contributed by atoms with Gasteiger partial charge in [0.2, 0.25) is 5.91 Å². The van der Waals surface area contributed by atoms with E-state index < -0.39 is 0 Å². The SMILES string of the molecule is CC(=O)NCc1cc(C2CC2)n[nH]1. The number of rotatable bonds is 3. The molecule has 1 aromatic heterocycles. The molecule has 0 saturated heterocycles. The van der Waals surface area contributed by atoms with Crippen molar-refractivity contribution in [3.63, 3.8) is 0 Å². The van der Waals surface area contributed by atoms with Gasteiger partial charge in [-0.2, -0.15) is 5.10 Å². The standard InChI is InChI=1S/C9H13N3O/c1-6(13)10-5-8-4-9(12-11-8)7-2-3-7/h4,7H,2-3,5H2,1H3,(H,10,13)(H,11,12). The number of carbonyl (C=O) groups is 1. The van der Waals surface area contributed by atoms with Gasteiger partial charge in [-0.3, -0.25) is 9.89 Å². The highest BCUT2D eigenvalue weighted by molar-refractivity contribution is 5.72. The quantitative estimate of drug-likeness (QED) is 0.725. The number of amides is 1. The maximum Gasteiger partial charge on any atom is 0.217 e. The summed E-state index contributed by atoms with van der Waals surface area (Å²) in [5.74, 6) is 0.657. The van der Waals surface area contributed by atoms with Crippen LogP contribution in [0.1, 0.15) is 37.1 Å². The Bertz CT molecular complexity index is 314. The Morgan fingerprint density at radius 1 is 1.77 bits per heavy atom. The lowest BCUT2D eigenvalue weighted by Crippen LogP contribution is -2.18. The van der Waals surface area contributed by atoms with Crippen LogP contribution in [0.25, 0.3) is 0 Å². The lowest BCUT2D eigenvalue weighted by atomic mass is 10.3. The van der Waals surface area contributed by atoms with Gasteiger partial charge in [-0.1, -0.05) is 0 Å². The molecule has 2 rings (SSSR count). The van der Waals surface area contributed by atoms with Crippen LogP contribution in [0.5, 0.6) is 0 Å². The number of H-pyrrole nitrogens is 1. The molecule has 1 amide bonds. The molecule has 1 saturated carbocycles. The van der Waals surface area contributed by atoms with Crippen LogP contribution in [0.3, 0.4) is 0 Å². The van der Waals surface area contributed by atoms with Crippen LogP contribution in [0.2, 0.25) is 0 Å². The zero-order valence-corrected chi connectivity index (χ0v) is 7.63. The summed E-state index contributed by atoms with van der Waals surface area (Å²) >= 11 is 0. The van der Waals surface area contributed by atoms with Gasteiger partial charge in [0, 0.05) is 12.8 Å². The van der Waals surface area contributed by atoms with E-state index in [9.17, 15) is 4.79 Å². The van der Waals surface area contributed by atoms with Gasteiger partial charge < -0.3 is 5.32 Å². The Balaban J connectivity index is 1.92. The fourth-order valence-electron chi connectivity index (χ4n) is 1.28. The summed E-state index contributed by atoms with van der Waals surface area (Å²) in [6, 6.07) is 2.04. The molecule has 1 fully saturated rings. The number of hydrogen-bond acceptors (Lipinski definition) is 2. The molecule has 2 N–H and O–H groups in total. The third-order valence-corrected chi connectivity index (χ3v) is 2.17. The van der Waals surface area contributed by atoms with Gasteiger partial charge in [-0.15, -0.1) is 0 Å². The van der Waals surface area contributed by atoms with Crippen LogP contribution < -0.4 is 5.32 Å². The Hall–Kier alpha value is -1.32. The molecular weight excluding hydrogens is 166 g/mol. The number of nitrogens with one attached hydrogen (secondary N) is 2. The normalized spacial score (nSPS) is 15.8. The molecule has 0 unspecified atom stereocenters. The molecule has 4 nitrogen and oxygen atoms in total. The van der Waals surface area contributed by atoms with E-state index in [0.717, 1.165) is 11.4 Å². The predicted molar refractivity (Wildman–Crippen MR) is 48.1 cm³/mol. The van der Waals surface area contributed by atoms with E-state index in [-0.39, 0.29) is 5.91 Å². The average molecular weight is 179 g/mol. The first-order chi connectivity index (χ1) is 6.25. The summed E-state index contributed by atoms with van der Waals surface area (Å²) in [7, 11) is 0. The number of carbonyl (C=O) groups excluding carboxylic acids is 1. The van der Waals surface area contributed by atoms with Crippen molar-refractivity contribution in [3.8, 4) is 0 Å². The molecule has 1 aromatic rings. The van der Waals surface area contributed by atoms with Crippen molar-refractivity contribution in [2.24, 2.45) is 0 Å². The average Bonchev–Trinajstić information content (AvgIpc) is 2.83. The maximum atomic E-state index is 10.6. The first-order valence-electron chi connectivity index (χ1n) is 4.54. The molecule has 0 radical (unpaired) electrons. The Morgan fingerprint density at radius 3 is 3.15 bits per heavy atom. The summed E-state index contributed by atoms with van der Waals surface area (Å²) in [6.07, 6.45) is 2.51. The van der Waals surface area contributed by atoms with E-state index in [4.69, 9.17) is 0 Å². The van der Waals surface area contributed by atoms with Crippen LogP contribution >= 0.6 is 0 Å². The summed E-state index contributed by atoms with van der Waals surface area (Å²) in [6.45, 7) is 2.06. The minimum Gasteiger partial charge on any atom is -0.351 e. The lowest BCUT2D eigenvalue weighted by Gasteiger charge is -1.96. The van der Waals surface area contributed by atoms with Crippen molar-refractivity contribution in [3.05, 3.63) is 17.5 Å². The smallest absolute Gasteiger partial charge is 0.217 e. The van der Waals surface area contributed by atoms with Gasteiger partial charge >= 0.3 is 0 Å². The Kier molecular flexibility index (Phi) is 2.04. The van der Waals surface area contributed by atoms with E-state index in [1.54, 1.807) is 0 Å². The molecule has 1 aliphatic carbocycles. The molecule has 1 aliphatic rings. The monoisotopic (exact) mass is 179 g/mol. The number of hydrogen-bond donors (Lipinski definition) is 2. The highest BCUT2D eigenvalue weighted by atomic mass is 16.1. The van der Waals surface area contributed by atoms with Crippen molar-refractivity contribution in [2.75, 3.05) is 0 Å². The molecule has 0 spiro atoms. The van der Waals surface area contributed by atoms with Crippen molar-refractivity contribution >= 4 is 5.91 Å². The molecule has 0 bridgehead atoms. The molecule has 0 atom stereocenters. The van der Waals surface area contributed by atoms with E-state index in [0.29, 0.717) is 12.5 Å². The van der Waals surface area contributed by atoms with Gasteiger partial charge in [0.15, 0.2) is 0 Å². The van der Waals surface area contributed by atoms with E-state index >= 15 is 0 Å². The summed E-state index contributed by atoms with van der Waals surface area (Å²) in [5, 5.41) is 9.82. The molecular formula is C9H13N3O. The summed E-state index contributed by atoms with van der Waals surface area (Å²) in [4.78, 5) is 10.6. The van der Waals surface area contributed by atoms with Gasteiger partial charge in [-0.05, 0) is 18.9 Å². The second-order valence-electron chi connectivity index (χ2n) is 3.50. The van der Waals surface area contributed by atoms with E-state index in [1.807, 2.05) is 6.07 Å². The second-order valence-corrected chi connectivity index (χ2v) is 3.50. The molecule has 1 heterocycles. The minimum atomic E-state index is -0.0115. The fraction of sp³-hybridized carbons (Fsp3) is 0.556. The molecule has 4 heteroatoms. The molecule has 13 heavy (non-hydrogen) atoms. The number of nitrogens with zero attached hydrogens (tertiary/aromatic N) is 1. The third-order valence-electron chi connectivity index (χ3n) is 2.17. The third kappa shape index (κ3) is 2.08. The van der Waals surface area contributed by atoms with Gasteiger partial charge in [0.05, 0.1) is 17.9 Å². The van der Waals surface area contributed by atoms with Crippen LogP contribution in [-0.2, 0) is 11.3 Å². The first kappa shape index (κ1) is 8.29. The minimum absolute atomic E-state index is 0.0115. The number of aromatic amines is 1. The lowest BCUT2D eigenvalue weighted by molar-refractivity contribution is -0.119. The van der Waals surface area contributed by atoms with Crippen molar-refractivity contribution < 1.29 is 4.79 Å². The van der Waals surface area contributed by atoms with Crippen LogP contribution in [0.4, 0.5) is 0 Å². The van der Waals surface area contributed by atoms with Gasteiger partial charge in [0.1, 0.15) is 0 Å². The van der Waals surface area contributed by atoms with Gasteiger partial charge in [0.25, 0.3) is 0 Å². The Labute approximate surface area is 76.7 Å². The Morgan fingerprint density at radius 2 is 2.54 bits per heavy atom. The first-order valence-corrected chi connectivity index (χ1v) is 4.54.